The Bertz CT molecular complexity index is 791. The van der Waals surface area contributed by atoms with E-state index < -0.39 is 0 Å². The third-order valence-electron chi connectivity index (χ3n) is 4.39. The van der Waals surface area contributed by atoms with E-state index in [1.807, 2.05) is 54.6 Å². The lowest BCUT2D eigenvalue weighted by molar-refractivity contribution is 0.0954. The second-order valence-electron chi connectivity index (χ2n) is 6.31. The van der Waals surface area contributed by atoms with E-state index in [9.17, 15) is 4.79 Å². The number of rotatable bonds is 4. The van der Waals surface area contributed by atoms with Gasteiger partial charge in [-0.25, -0.2) is 0 Å². The highest BCUT2D eigenvalue weighted by Gasteiger charge is 2.06. The van der Waals surface area contributed by atoms with Crippen LogP contribution in [0.4, 0.5) is 0 Å². The van der Waals surface area contributed by atoms with E-state index >= 15 is 0 Å². The molecule has 1 amide bonds. The molecule has 2 aromatic carbocycles. The summed E-state index contributed by atoms with van der Waals surface area (Å²) in [5, 5.41) is 3.01. The van der Waals surface area contributed by atoms with Crippen LogP contribution < -0.4 is 5.32 Å². The Morgan fingerprint density at radius 1 is 0.920 bits per heavy atom. The first-order chi connectivity index (χ1) is 12.3. The maximum absolute atomic E-state index is 12.2. The number of carbonyl (C=O) groups excluding carboxylic acids is 1. The van der Waals surface area contributed by atoms with Gasteiger partial charge in [0.05, 0.1) is 0 Å². The molecule has 0 saturated heterocycles. The summed E-state index contributed by atoms with van der Waals surface area (Å²) in [6.07, 6.45) is 8.25. The SMILES string of the molecule is O=C(NCCC1=CCCCC1)c1ccc(C#Cc2ccccc2)cc1. The number of allylic oxidation sites excluding steroid dienone is 1. The molecule has 0 saturated carbocycles. The molecular formula is C23H23NO. The number of carbonyl (C=O) groups is 1. The van der Waals surface area contributed by atoms with Crippen LogP contribution >= 0.6 is 0 Å². The molecule has 0 spiro atoms. The van der Waals surface area contributed by atoms with Gasteiger partial charge in [-0.2, -0.15) is 0 Å². The summed E-state index contributed by atoms with van der Waals surface area (Å²) in [5.41, 5.74) is 4.06. The minimum atomic E-state index is -0.0148. The van der Waals surface area contributed by atoms with Crippen molar-refractivity contribution in [1.82, 2.24) is 5.32 Å². The fraction of sp³-hybridized carbons (Fsp3) is 0.261. The summed E-state index contributed by atoms with van der Waals surface area (Å²) >= 11 is 0. The lowest BCUT2D eigenvalue weighted by atomic mass is 9.97. The maximum Gasteiger partial charge on any atom is 0.251 e. The second-order valence-corrected chi connectivity index (χ2v) is 6.31. The Morgan fingerprint density at radius 3 is 2.32 bits per heavy atom. The molecule has 2 nitrogen and oxygen atoms in total. The highest BCUT2D eigenvalue weighted by Crippen LogP contribution is 2.19. The van der Waals surface area contributed by atoms with Crippen LogP contribution in [0.25, 0.3) is 0 Å². The molecule has 0 unspecified atom stereocenters. The van der Waals surface area contributed by atoms with Crippen molar-refractivity contribution in [2.75, 3.05) is 6.54 Å². The predicted octanol–water partition coefficient (Wildman–Crippen LogP) is 4.71. The summed E-state index contributed by atoms with van der Waals surface area (Å²) < 4.78 is 0. The zero-order valence-electron chi connectivity index (χ0n) is 14.4. The minimum Gasteiger partial charge on any atom is -0.352 e. The predicted molar refractivity (Wildman–Crippen MR) is 102 cm³/mol. The monoisotopic (exact) mass is 329 g/mol. The molecule has 0 fully saturated rings. The number of hydrogen-bond acceptors (Lipinski definition) is 1. The highest BCUT2D eigenvalue weighted by molar-refractivity contribution is 5.94. The van der Waals surface area contributed by atoms with Crippen molar-refractivity contribution in [2.24, 2.45) is 0 Å². The minimum absolute atomic E-state index is 0.0148. The molecular weight excluding hydrogens is 306 g/mol. The van der Waals surface area contributed by atoms with Crippen LogP contribution in [0, 0.1) is 11.8 Å². The third-order valence-corrected chi connectivity index (χ3v) is 4.39. The van der Waals surface area contributed by atoms with Crippen LogP contribution in [-0.4, -0.2) is 12.5 Å². The van der Waals surface area contributed by atoms with Crippen LogP contribution in [0.2, 0.25) is 0 Å². The molecule has 2 heteroatoms. The van der Waals surface area contributed by atoms with Crippen LogP contribution in [-0.2, 0) is 0 Å². The molecule has 0 heterocycles. The fourth-order valence-electron chi connectivity index (χ4n) is 2.94. The summed E-state index contributed by atoms with van der Waals surface area (Å²) in [6.45, 7) is 0.709. The Morgan fingerprint density at radius 2 is 1.64 bits per heavy atom. The Kier molecular flexibility index (Phi) is 6.06. The number of benzene rings is 2. The van der Waals surface area contributed by atoms with Gasteiger partial charge in [0.1, 0.15) is 0 Å². The average Bonchev–Trinajstić information content (AvgIpc) is 2.68. The largest absolute Gasteiger partial charge is 0.352 e. The zero-order chi connectivity index (χ0) is 17.3. The molecule has 3 rings (SSSR count). The molecule has 0 aromatic heterocycles. The van der Waals surface area contributed by atoms with Crippen LogP contribution in [0.5, 0.6) is 0 Å². The Labute approximate surface area is 150 Å². The lowest BCUT2D eigenvalue weighted by Crippen LogP contribution is -2.24. The fourth-order valence-corrected chi connectivity index (χ4v) is 2.94. The van der Waals surface area contributed by atoms with E-state index in [1.54, 1.807) is 0 Å². The van der Waals surface area contributed by atoms with Crippen molar-refractivity contribution in [3.8, 4) is 11.8 Å². The molecule has 2 aromatic rings. The molecule has 0 bridgehead atoms. The van der Waals surface area contributed by atoms with Gasteiger partial charge in [-0.3, -0.25) is 4.79 Å². The van der Waals surface area contributed by atoms with E-state index in [0.717, 1.165) is 17.5 Å². The van der Waals surface area contributed by atoms with Crippen molar-refractivity contribution in [1.29, 1.82) is 0 Å². The van der Waals surface area contributed by atoms with Gasteiger partial charge in [-0.1, -0.05) is 41.7 Å². The first kappa shape index (κ1) is 17.0. The van der Waals surface area contributed by atoms with Crippen molar-refractivity contribution in [3.63, 3.8) is 0 Å². The Hall–Kier alpha value is -2.79. The highest BCUT2D eigenvalue weighted by atomic mass is 16.1. The number of hydrogen-bond donors (Lipinski definition) is 1. The van der Waals surface area contributed by atoms with E-state index in [0.29, 0.717) is 12.1 Å². The Balaban J connectivity index is 1.52. The molecule has 1 N–H and O–H groups in total. The van der Waals surface area contributed by atoms with Gasteiger partial charge in [0, 0.05) is 23.2 Å². The van der Waals surface area contributed by atoms with Gasteiger partial charge in [-0.15, -0.1) is 0 Å². The quantitative estimate of drug-likeness (QED) is 0.639. The van der Waals surface area contributed by atoms with Crippen LogP contribution in [0.3, 0.4) is 0 Å². The standard InChI is InChI=1S/C23H23NO/c25-23(24-18-17-20-9-5-2-6-10-20)22-15-13-21(14-16-22)12-11-19-7-3-1-4-8-19/h1,3-4,7-9,13-16H,2,5-6,10,17-18H2,(H,24,25). The molecule has 0 aliphatic heterocycles. The number of amides is 1. The topological polar surface area (TPSA) is 29.1 Å². The van der Waals surface area contributed by atoms with E-state index in [1.165, 1.54) is 31.3 Å². The summed E-state index contributed by atoms with van der Waals surface area (Å²) in [6, 6.07) is 17.4. The molecule has 0 atom stereocenters. The lowest BCUT2D eigenvalue weighted by Gasteiger charge is -2.13. The first-order valence-electron chi connectivity index (χ1n) is 8.94. The summed E-state index contributed by atoms with van der Waals surface area (Å²) in [5.74, 6) is 6.23. The van der Waals surface area contributed by atoms with Crippen molar-refractivity contribution >= 4 is 5.91 Å². The van der Waals surface area contributed by atoms with Gasteiger partial charge in [0.25, 0.3) is 5.91 Å². The van der Waals surface area contributed by atoms with E-state index in [2.05, 4.69) is 23.2 Å². The van der Waals surface area contributed by atoms with Crippen LogP contribution in [0.1, 0.15) is 53.6 Å². The molecule has 1 aliphatic carbocycles. The molecule has 126 valence electrons. The van der Waals surface area contributed by atoms with E-state index in [4.69, 9.17) is 0 Å². The van der Waals surface area contributed by atoms with Gasteiger partial charge in [-0.05, 0) is 68.5 Å². The third kappa shape index (κ3) is 5.36. The average molecular weight is 329 g/mol. The summed E-state index contributed by atoms with van der Waals surface area (Å²) in [4.78, 5) is 12.2. The van der Waals surface area contributed by atoms with Crippen LogP contribution in [0.15, 0.2) is 66.2 Å². The first-order valence-corrected chi connectivity index (χ1v) is 8.94. The second kappa shape index (κ2) is 8.89. The normalized spacial score (nSPS) is 13.4. The molecule has 25 heavy (non-hydrogen) atoms. The maximum atomic E-state index is 12.2. The van der Waals surface area contributed by atoms with Gasteiger partial charge >= 0.3 is 0 Å². The van der Waals surface area contributed by atoms with Crippen molar-refractivity contribution in [3.05, 3.63) is 82.9 Å². The van der Waals surface area contributed by atoms with Crippen molar-refractivity contribution < 1.29 is 4.79 Å². The smallest absolute Gasteiger partial charge is 0.251 e. The molecule has 1 aliphatic rings. The van der Waals surface area contributed by atoms with Gasteiger partial charge in [0.15, 0.2) is 0 Å². The van der Waals surface area contributed by atoms with Gasteiger partial charge in [0.2, 0.25) is 0 Å². The van der Waals surface area contributed by atoms with Crippen molar-refractivity contribution in [2.45, 2.75) is 32.1 Å². The number of nitrogens with one attached hydrogen (secondary N) is 1. The van der Waals surface area contributed by atoms with Gasteiger partial charge < -0.3 is 5.32 Å². The summed E-state index contributed by atoms with van der Waals surface area (Å²) in [7, 11) is 0. The van der Waals surface area contributed by atoms with E-state index in [-0.39, 0.29) is 5.91 Å². The zero-order valence-corrected chi connectivity index (χ0v) is 14.4. The molecule has 0 radical (unpaired) electrons.